The fraction of sp³-hybridized carbons (Fsp3) is 0.500. The average Bonchev–Trinajstić information content (AvgIpc) is 3.06. The lowest BCUT2D eigenvalue weighted by Gasteiger charge is -2.26. The average molecular weight is 449 g/mol. The molecule has 1 aliphatic rings. The molecule has 1 amide bonds. The van der Waals surface area contributed by atoms with Crippen LogP contribution in [0.5, 0.6) is 0 Å². The summed E-state index contributed by atoms with van der Waals surface area (Å²) in [5, 5.41) is 2.92. The Morgan fingerprint density at radius 2 is 1.81 bits per heavy atom. The van der Waals surface area contributed by atoms with Gasteiger partial charge in [0, 0.05) is 43.2 Å². The molecule has 8 nitrogen and oxygen atoms in total. The number of nitrogens with one attached hydrogen (secondary N) is 2. The van der Waals surface area contributed by atoms with Crippen LogP contribution in [0.2, 0.25) is 0 Å². The molecule has 0 bridgehead atoms. The standard InChI is InChI=1S/C22H32N4O4S/c1-6-25(7-2)18-8-9-19(15(3)14-18)24-22(27)20-16(4)21(17(5)23-20)31(28,29)26-10-12-30-13-11-26/h8-9,14,23H,6-7,10-13H2,1-5H3,(H,24,27). The van der Waals surface area contributed by atoms with Crippen molar-refractivity contribution in [3.63, 3.8) is 0 Å². The van der Waals surface area contributed by atoms with E-state index in [1.54, 1.807) is 13.8 Å². The summed E-state index contributed by atoms with van der Waals surface area (Å²) in [4.78, 5) is 18.4. The largest absolute Gasteiger partial charge is 0.379 e. The van der Waals surface area contributed by atoms with Gasteiger partial charge in [-0.15, -0.1) is 0 Å². The third-order valence-corrected chi connectivity index (χ3v) is 7.92. The zero-order chi connectivity index (χ0) is 22.8. The highest BCUT2D eigenvalue weighted by Gasteiger charge is 2.32. The Kier molecular flexibility index (Phi) is 7.08. The zero-order valence-electron chi connectivity index (χ0n) is 18.9. The highest BCUT2D eigenvalue weighted by Crippen LogP contribution is 2.28. The van der Waals surface area contributed by atoms with E-state index in [-0.39, 0.29) is 16.5 Å². The van der Waals surface area contributed by atoms with Crippen LogP contribution in [-0.2, 0) is 14.8 Å². The quantitative estimate of drug-likeness (QED) is 0.679. The molecular formula is C22H32N4O4S. The second kappa shape index (κ2) is 9.42. The van der Waals surface area contributed by atoms with Crippen molar-refractivity contribution in [1.29, 1.82) is 0 Å². The number of benzene rings is 1. The zero-order valence-corrected chi connectivity index (χ0v) is 19.7. The van der Waals surface area contributed by atoms with Gasteiger partial charge in [0.15, 0.2) is 0 Å². The number of aryl methyl sites for hydroxylation is 2. The predicted molar refractivity (Wildman–Crippen MR) is 123 cm³/mol. The Bertz CT molecular complexity index is 1050. The van der Waals surface area contributed by atoms with Crippen LogP contribution < -0.4 is 10.2 Å². The molecule has 0 aliphatic carbocycles. The van der Waals surface area contributed by atoms with Gasteiger partial charge in [0.05, 0.1) is 13.2 Å². The fourth-order valence-electron chi connectivity index (χ4n) is 4.02. The number of sulfonamides is 1. The number of hydrogen-bond donors (Lipinski definition) is 2. The Hall–Kier alpha value is -2.36. The van der Waals surface area contributed by atoms with E-state index in [0.29, 0.717) is 43.2 Å². The van der Waals surface area contributed by atoms with Crippen molar-refractivity contribution in [2.75, 3.05) is 49.6 Å². The second-order valence-electron chi connectivity index (χ2n) is 7.72. The van der Waals surface area contributed by atoms with Crippen molar-refractivity contribution >= 4 is 27.3 Å². The maximum Gasteiger partial charge on any atom is 0.272 e. The lowest BCUT2D eigenvalue weighted by Crippen LogP contribution is -2.40. The lowest BCUT2D eigenvalue weighted by atomic mass is 10.1. The molecule has 170 valence electrons. The van der Waals surface area contributed by atoms with Crippen molar-refractivity contribution < 1.29 is 17.9 Å². The lowest BCUT2D eigenvalue weighted by molar-refractivity contribution is 0.0730. The Morgan fingerprint density at radius 3 is 2.39 bits per heavy atom. The first-order valence-corrected chi connectivity index (χ1v) is 12.1. The Morgan fingerprint density at radius 1 is 1.16 bits per heavy atom. The van der Waals surface area contributed by atoms with E-state index in [4.69, 9.17) is 4.74 Å². The first kappa shape index (κ1) is 23.3. The summed E-state index contributed by atoms with van der Waals surface area (Å²) in [6.07, 6.45) is 0. The first-order valence-electron chi connectivity index (χ1n) is 10.6. The van der Waals surface area contributed by atoms with E-state index >= 15 is 0 Å². The number of nitrogens with zero attached hydrogens (tertiary/aromatic N) is 2. The molecule has 0 unspecified atom stereocenters. The van der Waals surface area contributed by atoms with Crippen LogP contribution in [0.15, 0.2) is 23.1 Å². The third-order valence-electron chi connectivity index (χ3n) is 5.75. The minimum atomic E-state index is -3.70. The number of carbonyl (C=O) groups is 1. The Balaban J connectivity index is 1.86. The number of amides is 1. The number of aromatic nitrogens is 1. The molecular weight excluding hydrogens is 416 g/mol. The molecule has 2 heterocycles. The molecule has 1 aromatic carbocycles. The van der Waals surface area contributed by atoms with Crippen molar-refractivity contribution in [3.8, 4) is 0 Å². The van der Waals surface area contributed by atoms with Gasteiger partial charge in [-0.2, -0.15) is 4.31 Å². The smallest absolute Gasteiger partial charge is 0.272 e. The highest BCUT2D eigenvalue weighted by molar-refractivity contribution is 7.89. The summed E-state index contributed by atoms with van der Waals surface area (Å²) < 4.78 is 33.0. The van der Waals surface area contributed by atoms with E-state index in [9.17, 15) is 13.2 Å². The summed E-state index contributed by atoms with van der Waals surface area (Å²) in [5.74, 6) is -0.359. The minimum absolute atomic E-state index is 0.174. The van der Waals surface area contributed by atoms with Gasteiger partial charge in [-0.05, 0) is 63.9 Å². The van der Waals surface area contributed by atoms with Gasteiger partial charge in [0.1, 0.15) is 10.6 Å². The molecule has 1 saturated heterocycles. The first-order chi connectivity index (χ1) is 14.7. The summed E-state index contributed by atoms with van der Waals surface area (Å²) in [7, 11) is -3.70. The van der Waals surface area contributed by atoms with Crippen molar-refractivity contribution in [3.05, 3.63) is 40.7 Å². The van der Waals surface area contributed by atoms with Crippen LogP contribution in [0.3, 0.4) is 0 Å². The van der Waals surface area contributed by atoms with E-state index in [1.807, 2.05) is 25.1 Å². The van der Waals surface area contributed by atoms with E-state index in [1.165, 1.54) is 4.31 Å². The number of aromatic amines is 1. The number of H-pyrrole nitrogens is 1. The molecule has 3 rings (SSSR count). The topological polar surface area (TPSA) is 94.7 Å². The Labute approximate surface area is 184 Å². The SMILES string of the molecule is CCN(CC)c1ccc(NC(=O)c2[nH]c(C)c(S(=O)(=O)N3CCOCC3)c2C)c(C)c1. The van der Waals surface area contributed by atoms with Crippen LogP contribution in [0, 0.1) is 20.8 Å². The van der Waals surface area contributed by atoms with Gasteiger partial charge in [-0.25, -0.2) is 8.42 Å². The van der Waals surface area contributed by atoms with E-state index in [0.717, 1.165) is 24.3 Å². The molecule has 1 aromatic heterocycles. The summed E-state index contributed by atoms with van der Waals surface area (Å²) >= 11 is 0. The number of hydrogen-bond acceptors (Lipinski definition) is 5. The predicted octanol–water partition coefficient (Wildman–Crippen LogP) is 3.06. The van der Waals surface area contributed by atoms with E-state index < -0.39 is 10.0 Å². The number of rotatable bonds is 7. The highest BCUT2D eigenvalue weighted by atomic mass is 32.2. The van der Waals surface area contributed by atoms with Gasteiger partial charge >= 0.3 is 0 Å². The monoisotopic (exact) mass is 448 g/mol. The maximum atomic E-state index is 13.1. The van der Waals surface area contributed by atoms with Gasteiger partial charge in [0.2, 0.25) is 10.0 Å². The second-order valence-corrected chi connectivity index (χ2v) is 9.60. The van der Waals surface area contributed by atoms with Gasteiger partial charge in [0.25, 0.3) is 5.91 Å². The normalized spacial score (nSPS) is 15.1. The molecule has 1 fully saturated rings. The molecule has 0 radical (unpaired) electrons. The molecule has 1 aliphatic heterocycles. The van der Waals surface area contributed by atoms with Crippen LogP contribution in [0.4, 0.5) is 11.4 Å². The number of ether oxygens (including phenoxy) is 1. The van der Waals surface area contributed by atoms with Crippen LogP contribution in [-0.4, -0.2) is 63.0 Å². The number of morpholine rings is 1. The third kappa shape index (κ3) is 4.63. The van der Waals surface area contributed by atoms with Crippen molar-refractivity contribution in [2.24, 2.45) is 0 Å². The molecule has 2 N–H and O–H groups in total. The minimum Gasteiger partial charge on any atom is -0.379 e. The molecule has 2 aromatic rings. The van der Waals surface area contributed by atoms with Crippen LogP contribution in [0.25, 0.3) is 0 Å². The number of anilines is 2. The van der Waals surface area contributed by atoms with Gasteiger partial charge in [-0.1, -0.05) is 0 Å². The summed E-state index contributed by atoms with van der Waals surface area (Å²) in [5.41, 5.74) is 3.90. The van der Waals surface area contributed by atoms with E-state index in [2.05, 4.69) is 29.0 Å². The summed E-state index contributed by atoms with van der Waals surface area (Å²) in [6, 6.07) is 5.91. The van der Waals surface area contributed by atoms with Gasteiger partial charge in [-0.3, -0.25) is 4.79 Å². The number of carbonyl (C=O) groups excluding carboxylic acids is 1. The molecule has 31 heavy (non-hydrogen) atoms. The van der Waals surface area contributed by atoms with Crippen LogP contribution >= 0.6 is 0 Å². The molecule has 0 spiro atoms. The van der Waals surface area contributed by atoms with Crippen LogP contribution in [0.1, 0.15) is 41.2 Å². The molecule has 0 saturated carbocycles. The fourth-order valence-corrected chi connectivity index (χ4v) is 5.84. The maximum absolute atomic E-state index is 13.1. The van der Waals surface area contributed by atoms with Gasteiger partial charge < -0.3 is 19.9 Å². The van der Waals surface area contributed by atoms with Crippen molar-refractivity contribution in [2.45, 2.75) is 39.5 Å². The van der Waals surface area contributed by atoms with Crippen molar-refractivity contribution in [1.82, 2.24) is 9.29 Å². The molecule has 0 atom stereocenters. The summed E-state index contributed by atoms with van der Waals surface area (Å²) in [6.45, 7) is 12.7. The molecule has 9 heteroatoms.